The molecule has 0 aromatic heterocycles. The van der Waals surface area contributed by atoms with Gasteiger partial charge in [-0.15, -0.1) is 5.75 Å². The Balaban J connectivity index is 2.88. The van der Waals surface area contributed by atoms with E-state index in [4.69, 9.17) is 0 Å². The minimum Gasteiger partial charge on any atom is -0.872 e. The SMILES string of the molecule is C[PH2+]c1ccc([O-])cc1. The summed E-state index contributed by atoms with van der Waals surface area (Å²) in [4.78, 5) is 0. The van der Waals surface area contributed by atoms with Crippen LogP contribution in [0.1, 0.15) is 0 Å². The molecule has 1 nitrogen and oxygen atoms in total. The third kappa shape index (κ3) is 1.69. The highest BCUT2D eigenvalue weighted by molar-refractivity contribution is 7.46. The van der Waals surface area contributed by atoms with Gasteiger partial charge >= 0.3 is 0 Å². The minimum absolute atomic E-state index is 0.103. The average Bonchev–Trinajstić information content (AvgIpc) is 1.90. The topological polar surface area (TPSA) is 23.1 Å². The highest BCUT2D eigenvalue weighted by Crippen LogP contribution is 2.06. The van der Waals surface area contributed by atoms with E-state index in [9.17, 15) is 5.11 Å². The summed E-state index contributed by atoms with van der Waals surface area (Å²) in [6, 6.07) is 7.03. The molecule has 0 saturated carbocycles. The average molecular weight is 140 g/mol. The van der Waals surface area contributed by atoms with E-state index in [1.165, 1.54) is 5.30 Å². The molecule has 2 heteroatoms. The highest BCUT2D eigenvalue weighted by atomic mass is 31.1. The van der Waals surface area contributed by atoms with Crippen molar-refractivity contribution >= 4 is 13.9 Å². The summed E-state index contributed by atoms with van der Waals surface area (Å²) in [7, 11) is 0.362. The van der Waals surface area contributed by atoms with E-state index in [0.717, 1.165) is 0 Å². The van der Waals surface area contributed by atoms with Crippen molar-refractivity contribution in [2.75, 3.05) is 6.66 Å². The van der Waals surface area contributed by atoms with E-state index in [1.54, 1.807) is 12.1 Å². The van der Waals surface area contributed by atoms with Crippen molar-refractivity contribution in [3.05, 3.63) is 24.3 Å². The molecule has 1 aromatic rings. The molecule has 0 aliphatic carbocycles. The molecular weight excluding hydrogens is 131 g/mol. The fourth-order valence-corrected chi connectivity index (χ4v) is 1.24. The zero-order valence-corrected chi connectivity index (χ0v) is 6.45. The molecule has 0 radical (unpaired) electrons. The smallest absolute Gasteiger partial charge is 0.0886 e. The molecule has 0 N–H and O–H groups in total. The Labute approximate surface area is 56.5 Å². The van der Waals surface area contributed by atoms with Crippen molar-refractivity contribution in [3.8, 4) is 5.75 Å². The fourth-order valence-electron chi connectivity index (χ4n) is 0.660. The van der Waals surface area contributed by atoms with Gasteiger partial charge < -0.3 is 5.11 Å². The van der Waals surface area contributed by atoms with Crippen LogP contribution in [0.2, 0.25) is 0 Å². The molecule has 0 heterocycles. The number of hydrogen-bond donors (Lipinski definition) is 0. The van der Waals surface area contributed by atoms with Gasteiger partial charge in [0.25, 0.3) is 0 Å². The largest absolute Gasteiger partial charge is 0.872 e. The first-order valence-electron chi connectivity index (χ1n) is 2.89. The molecule has 0 saturated heterocycles. The monoisotopic (exact) mass is 140 g/mol. The maximum Gasteiger partial charge on any atom is 0.0886 e. The Bertz CT molecular complexity index is 181. The Morgan fingerprint density at radius 3 is 2.22 bits per heavy atom. The number of benzene rings is 1. The van der Waals surface area contributed by atoms with Crippen molar-refractivity contribution in [1.82, 2.24) is 0 Å². The lowest BCUT2D eigenvalue weighted by atomic mass is 10.3. The van der Waals surface area contributed by atoms with Crippen LogP contribution in [0.4, 0.5) is 0 Å². The van der Waals surface area contributed by atoms with E-state index < -0.39 is 0 Å². The molecule has 1 unspecified atom stereocenters. The maximum atomic E-state index is 10.5. The summed E-state index contributed by atoms with van der Waals surface area (Å²) in [6.07, 6.45) is 0. The quantitative estimate of drug-likeness (QED) is 0.518. The zero-order valence-electron chi connectivity index (χ0n) is 5.29. The Morgan fingerprint density at radius 2 is 1.78 bits per heavy atom. The van der Waals surface area contributed by atoms with Gasteiger partial charge in [0.05, 0.1) is 5.30 Å². The first-order valence-corrected chi connectivity index (χ1v) is 4.62. The van der Waals surface area contributed by atoms with Crippen LogP contribution < -0.4 is 10.4 Å². The van der Waals surface area contributed by atoms with Crippen molar-refractivity contribution in [1.29, 1.82) is 0 Å². The maximum absolute atomic E-state index is 10.5. The molecule has 9 heavy (non-hydrogen) atoms. The summed E-state index contributed by atoms with van der Waals surface area (Å²) < 4.78 is 0. The van der Waals surface area contributed by atoms with E-state index >= 15 is 0 Å². The molecule has 0 fully saturated rings. The van der Waals surface area contributed by atoms with Crippen LogP contribution in [0, 0.1) is 0 Å². The lowest BCUT2D eigenvalue weighted by Gasteiger charge is -2.01. The van der Waals surface area contributed by atoms with E-state index in [-0.39, 0.29) is 5.75 Å². The molecule has 48 valence electrons. The predicted molar refractivity (Wildman–Crippen MR) is 41.2 cm³/mol. The standard InChI is InChI=1S/C7H9OP/c1-9-7-4-2-6(8)3-5-7/h2-5,8-9H,1H3. The normalized spacial score (nSPS) is 10.8. The third-order valence-electron chi connectivity index (χ3n) is 1.21. The van der Waals surface area contributed by atoms with Gasteiger partial charge in [-0.25, -0.2) is 0 Å². The molecule has 1 atom stereocenters. The van der Waals surface area contributed by atoms with Crippen molar-refractivity contribution in [2.45, 2.75) is 0 Å². The first kappa shape index (κ1) is 6.57. The molecule has 0 spiro atoms. The third-order valence-corrected chi connectivity index (χ3v) is 2.26. The Morgan fingerprint density at radius 1 is 1.22 bits per heavy atom. The lowest BCUT2D eigenvalue weighted by Crippen LogP contribution is -1.94. The van der Waals surface area contributed by atoms with Gasteiger partial charge in [0.1, 0.15) is 0 Å². The molecule has 0 aliphatic heterocycles. The summed E-state index contributed by atoms with van der Waals surface area (Å²) >= 11 is 0. The Hall–Kier alpha value is -0.550. The van der Waals surface area contributed by atoms with E-state index in [1.807, 2.05) is 12.1 Å². The number of hydrogen-bond acceptors (Lipinski definition) is 1. The van der Waals surface area contributed by atoms with Gasteiger partial charge in [-0.3, -0.25) is 0 Å². The molecular formula is C7H9OP. The highest BCUT2D eigenvalue weighted by Gasteiger charge is 1.88. The zero-order chi connectivity index (χ0) is 6.69. The number of rotatable bonds is 1. The first-order chi connectivity index (χ1) is 4.33. The second kappa shape index (κ2) is 2.84. The molecule has 0 amide bonds. The fraction of sp³-hybridized carbons (Fsp3) is 0.143. The van der Waals surface area contributed by atoms with Crippen LogP contribution in [-0.2, 0) is 0 Å². The van der Waals surface area contributed by atoms with Crippen LogP contribution >= 0.6 is 8.58 Å². The second-order valence-corrected chi connectivity index (χ2v) is 3.10. The van der Waals surface area contributed by atoms with Gasteiger partial charge in [0.15, 0.2) is 0 Å². The second-order valence-electron chi connectivity index (χ2n) is 1.86. The van der Waals surface area contributed by atoms with Crippen LogP contribution in [-0.4, -0.2) is 6.66 Å². The van der Waals surface area contributed by atoms with Crippen LogP contribution in [0.25, 0.3) is 0 Å². The summed E-state index contributed by atoms with van der Waals surface area (Å²) in [5.74, 6) is 0.103. The van der Waals surface area contributed by atoms with Crippen molar-refractivity contribution in [2.24, 2.45) is 0 Å². The minimum atomic E-state index is 0.103. The van der Waals surface area contributed by atoms with Crippen LogP contribution in [0.15, 0.2) is 24.3 Å². The predicted octanol–water partition coefficient (Wildman–Crippen LogP) is 0.426. The lowest BCUT2D eigenvalue weighted by molar-refractivity contribution is -0.268. The van der Waals surface area contributed by atoms with E-state index in [2.05, 4.69) is 6.66 Å². The Kier molecular flexibility index (Phi) is 2.07. The van der Waals surface area contributed by atoms with Gasteiger partial charge in [0, 0.05) is 15.2 Å². The van der Waals surface area contributed by atoms with Gasteiger partial charge in [-0.1, -0.05) is 12.1 Å². The molecule has 1 aromatic carbocycles. The van der Waals surface area contributed by atoms with Crippen molar-refractivity contribution in [3.63, 3.8) is 0 Å². The van der Waals surface area contributed by atoms with Crippen molar-refractivity contribution < 1.29 is 5.11 Å². The summed E-state index contributed by atoms with van der Waals surface area (Å²) in [6.45, 7) is 2.15. The molecule has 0 bridgehead atoms. The molecule has 1 rings (SSSR count). The van der Waals surface area contributed by atoms with Gasteiger partial charge in [-0.05, 0) is 12.1 Å². The molecule has 0 aliphatic rings. The summed E-state index contributed by atoms with van der Waals surface area (Å²) in [5.41, 5.74) is 0. The van der Waals surface area contributed by atoms with Crippen LogP contribution in [0.5, 0.6) is 5.75 Å². The van der Waals surface area contributed by atoms with Gasteiger partial charge in [-0.2, -0.15) is 0 Å². The van der Waals surface area contributed by atoms with Crippen LogP contribution in [0.3, 0.4) is 0 Å². The summed E-state index contributed by atoms with van der Waals surface area (Å²) in [5, 5.41) is 11.8. The van der Waals surface area contributed by atoms with Gasteiger partial charge in [0.2, 0.25) is 0 Å². The van der Waals surface area contributed by atoms with E-state index in [0.29, 0.717) is 8.58 Å².